The lowest BCUT2D eigenvalue weighted by atomic mass is 10.2. The molecule has 3 rings (SSSR count). The largest absolute Gasteiger partial charge is 0.384 e. The van der Waals surface area contributed by atoms with E-state index < -0.39 is 0 Å². The summed E-state index contributed by atoms with van der Waals surface area (Å²) in [5, 5.41) is 4.11. The summed E-state index contributed by atoms with van der Waals surface area (Å²) in [5.74, 6) is 0.865. The zero-order valence-corrected chi connectivity index (χ0v) is 10.2. The number of rotatable bonds is 2. The van der Waals surface area contributed by atoms with Crippen molar-refractivity contribution in [2.45, 2.75) is 0 Å². The second kappa shape index (κ2) is 4.45. The highest BCUT2D eigenvalue weighted by atomic mass is 15.2. The number of aryl methyl sites for hydroxylation is 1. The minimum atomic E-state index is 0.391. The van der Waals surface area contributed by atoms with E-state index >= 15 is 0 Å². The van der Waals surface area contributed by atoms with Crippen LogP contribution in [0.25, 0.3) is 22.8 Å². The van der Waals surface area contributed by atoms with E-state index in [2.05, 4.69) is 25.0 Å². The molecular formula is C12H11N7. The minimum Gasteiger partial charge on any atom is -0.384 e. The van der Waals surface area contributed by atoms with Crippen LogP contribution in [0.5, 0.6) is 0 Å². The lowest BCUT2D eigenvalue weighted by Crippen LogP contribution is -1.99. The molecule has 0 aliphatic rings. The Balaban J connectivity index is 2.11. The molecule has 19 heavy (non-hydrogen) atoms. The van der Waals surface area contributed by atoms with Crippen LogP contribution in [0.4, 0.5) is 5.82 Å². The van der Waals surface area contributed by atoms with Crippen LogP contribution < -0.4 is 5.73 Å². The number of hydrogen-bond donors (Lipinski definition) is 1. The summed E-state index contributed by atoms with van der Waals surface area (Å²) in [5.41, 5.74) is 8.05. The van der Waals surface area contributed by atoms with E-state index in [1.807, 2.05) is 13.2 Å². The Labute approximate surface area is 109 Å². The van der Waals surface area contributed by atoms with E-state index in [9.17, 15) is 0 Å². The molecule has 3 aromatic heterocycles. The highest BCUT2D eigenvalue weighted by Gasteiger charge is 2.09. The van der Waals surface area contributed by atoms with Crippen molar-refractivity contribution in [1.29, 1.82) is 0 Å². The molecular weight excluding hydrogens is 242 g/mol. The molecule has 0 fully saturated rings. The normalized spacial score (nSPS) is 10.6. The Morgan fingerprint density at radius 3 is 2.79 bits per heavy atom. The molecule has 2 N–H and O–H groups in total. The van der Waals surface area contributed by atoms with E-state index in [0.29, 0.717) is 23.0 Å². The summed E-state index contributed by atoms with van der Waals surface area (Å²) < 4.78 is 1.71. The number of hydrogen-bond acceptors (Lipinski definition) is 6. The molecule has 7 heteroatoms. The highest BCUT2D eigenvalue weighted by Crippen LogP contribution is 2.21. The first-order valence-corrected chi connectivity index (χ1v) is 5.62. The van der Waals surface area contributed by atoms with Gasteiger partial charge in [-0.3, -0.25) is 4.68 Å². The van der Waals surface area contributed by atoms with Crippen LogP contribution in [0.2, 0.25) is 0 Å². The van der Waals surface area contributed by atoms with Crippen molar-refractivity contribution >= 4 is 5.82 Å². The average molecular weight is 253 g/mol. The maximum atomic E-state index is 5.82. The number of nitrogens with zero attached hydrogens (tertiary/aromatic N) is 6. The molecule has 3 heterocycles. The Morgan fingerprint density at radius 1 is 1.21 bits per heavy atom. The monoisotopic (exact) mass is 253 g/mol. The third-order valence-electron chi connectivity index (χ3n) is 2.56. The smallest absolute Gasteiger partial charge is 0.180 e. The summed E-state index contributed by atoms with van der Waals surface area (Å²) in [6.45, 7) is 0. The van der Waals surface area contributed by atoms with Crippen molar-refractivity contribution in [2.75, 3.05) is 5.73 Å². The Morgan fingerprint density at radius 2 is 2.11 bits per heavy atom. The number of anilines is 1. The lowest BCUT2D eigenvalue weighted by Gasteiger charge is -2.03. The molecule has 3 aromatic rings. The molecule has 0 spiro atoms. The fourth-order valence-electron chi connectivity index (χ4n) is 1.70. The number of nitrogen functional groups attached to an aromatic ring is 1. The van der Waals surface area contributed by atoms with Gasteiger partial charge in [0.05, 0.1) is 11.9 Å². The third-order valence-corrected chi connectivity index (χ3v) is 2.56. The van der Waals surface area contributed by atoms with Crippen molar-refractivity contribution in [3.8, 4) is 22.8 Å². The zero-order chi connectivity index (χ0) is 13.2. The van der Waals surface area contributed by atoms with Gasteiger partial charge in [0.25, 0.3) is 0 Å². The zero-order valence-electron chi connectivity index (χ0n) is 10.2. The Hall–Kier alpha value is -2.83. The van der Waals surface area contributed by atoms with Gasteiger partial charge >= 0.3 is 0 Å². The second-order valence-electron chi connectivity index (χ2n) is 4.00. The van der Waals surface area contributed by atoms with E-state index in [1.165, 1.54) is 6.33 Å². The van der Waals surface area contributed by atoms with E-state index in [4.69, 9.17) is 5.73 Å². The van der Waals surface area contributed by atoms with Gasteiger partial charge in [-0.25, -0.2) is 19.9 Å². The van der Waals surface area contributed by atoms with Gasteiger partial charge in [0.1, 0.15) is 17.8 Å². The van der Waals surface area contributed by atoms with Crippen LogP contribution in [-0.2, 0) is 7.05 Å². The summed E-state index contributed by atoms with van der Waals surface area (Å²) in [6.07, 6.45) is 6.68. The van der Waals surface area contributed by atoms with Gasteiger partial charge in [-0.1, -0.05) is 0 Å². The molecule has 0 aromatic carbocycles. The molecule has 0 aliphatic heterocycles. The van der Waals surface area contributed by atoms with E-state index in [0.717, 1.165) is 5.56 Å². The Bertz CT molecular complexity index is 705. The molecule has 0 saturated carbocycles. The lowest BCUT2D eigenvalue weighted by molar-refractivity contribution is 0.768. The first-order chi connectivity index (χ1) is 9.22. The summed E-state index contributed by atoms with van der Waals surface area (Å²) in [4.78, 5) is 16.6. The van der Waals surface area contributed by atoms with Gasteiger partial charge < -0.3 is 5.73 Å². The molecule has 0 unspecified atom stereocenters. The topological polar surface area (TPSA) is 95.4 Å². The van der Waals surface area contributed by atoms with Gasteiger partial charge in [0.2, 0.25) is 0 Å². The highest BCUT2D eigenvalue weighted by molar-refractivity contribution is 5.64. The molecule has 0 bridgehead atoms. The molecule has 0 aliphatic carbocycles. The number of nitrogens with two attached hydrogens (primary N) is 1. The molecule has 0 saturated heterocycles. The van der Waals surface area contributed by atoms with Crippen LogP contribution in [0.3, 0.4) is 0 Å². The van der Waals surface area contributed by atoms with Gasteiger partial charge in [-0.05, 0) is 6.07 Å². The maximum absolute atomic E-state index is 5.82. The standard InChI is InChI=1S/C12H11N7/c1-19-6-8(5-16-19)10-4-11(13)18-12(17-10)9-2-3-14-7-15-9/h2-7H,1H3,(H2,13,17,18). The van der Waals surface area contributed by atoms with Gasteiger partial charge in [-0.15, -0.1) is 0 Å². The molecule has 0 atom stereocenters. The first-order valence-electron chi connectivity index (χ1n) is 5.62. The molecule has 0 radical (unpaired) electrons. The van der Waals surface area contributed by atoms with Crippen LogP contribution in [0, 0.1) is 0 Å². The van der Waals surface area contributed by atoms with Crippen LogP contribution in [0.15, 0.2) is 37.1 Å². The summed E-state index contributed by atoms with van der Waals surface area (Å²) >= 11 is 0. The van der Waals surface area contributed by atoms with Crippen molar-refractivity contribution in [1.82, 2.24) is 29.7 Å². The van der Waals surface area contributed by atoms with Crippen molar-refractivity contribution < 1.29 is 0 Å². The van der Waals surface area contributed by atoms with Crippen molar-refractivity contribution in [3.05, 3.63) is 37.1 Å². The molecule has 0 amide bonds. The Kier molecular flexibility index (Phi) is 2.64. The predicted molar refractivity (Wildman–Crippen MR) is 69.7 cm³/mol. The average Bonchev–Trinajstić information content (AvgIpc) is 2.86. The number of aromatic nitrogens is 6. The third kappa shape index (κ3) is 2.25. The summed E-state index contributed by atoms with van der Waals surface area (Å²) in [7, 11) is 1.85. The van der Waals surface area contributed by atoms with Gasteiger partial charge in [0.15, 0.2) is 5.82 Å². The maximum Gasteiger partial charge on any atom is 0.180 e. The van der Waals surface area contributed by atoms with Crippen molar-refractivity contribution in [3.63, 3.8) is 0 Å². The van der Waals surface area contributed by atoms with E-state index in [-0.39, 0.29) is 0 Å². The molecule has 7 nitrogen and oxygen atoms in total. The van der Waals surface area contributed by atoms with Crippen LogP contribution in [0.1, 0.15) is 0 Å². The predicted octanol–water partition coefficient (Wildman–Crippen LogP) is 0.916. The van der Waals surface area contributed by atoms with Gasteiger partial charge in [-0.2, -0.15) is 5.10 Å². The fraction of sp³-hybridized carbons (Fsp3) is 0.0833. The first kappa shape index (κ1) is 11.3. The summed E-state index contributed by atoms with van der Waals surface area (Å²) in [6, 6.07) is 3.45. The van der Waals surface area contributed by atoms with Gasteiger partial charge in [0, 0.05) is 31.1 Å². The SMILES string of the molecule is Cn1cc(-c2cc(N)nc(-c3ccncn3)n2)cn1. The van der Waals surface area contributed by atoms with Crippen LogP contribution >= 0.6 is 0 Å². The van der Waals surface area contributed by atoms with Crippen LogP contribution in [-0.4, -0.2) is 29.7 Å². The minimum absolute atomic E-state index is 0.391. The molecule has 94 valence electrons. The quantitative estimate of drug-likeness (QED) is 0.729. The fourth-order valence-corrected chi connectivity index (χ4v) is 1.70. The van der Waals surface area contributed by atoms with E-state index in [1.54, 1.807) is 29.2 Å². The van der Waals surface area contributed by atoms with Crippen molar-refractivity contribution in [2.24, 2.45) is 7.05 Å². The second-order valence-corrected chi connectivity index (χ2v) is 4.00.